The minimum atomic E-state index is -0.650. The van der Waals surface area contributed by atoms with Gasteiger partial charge in [0.2, 0.25) is 0 Å². The van der Waals surface area contributed by atoms with Crippen LogP contribution < -0.4 is 0 Å². The molecule has 1 aromatic rings. The van der Waals surface area contributed by atoms with E-state index in [0.717, 1.165) is 0 Å². The average molecular weight is 253 g/mol. The maximum Gasteiger partial charge on any atom is 0.303 e. The number of esters is 2. The second-order valence-corrected chi connectivity index (χ2v) is 3.16. The zero-order chi connectivity index (χ0) is 14.0. The van der Waals surface area contributed by atoms with E-state index in [-0.39, 0.29) is 6.61 Å². The molecule has 0 spiro atoms. The smallest absolute Gasteiger partial charge is 0.303 e. The lowest BCUT2D eigenvalue weighted by atomic mass is 10.2. The first-order chi connectivity index (χ1) is 8.59. The summed E-state index contributed by atoms with van der Waals surface area (Å²) < 4.78 is 9.81. The molecule has 1 aromatic heterocycles. The van der Waals surface area contributed by atoms with Gasteiger partial charge in [0.1, 0.15) is 6.61 Å². The summed E-state index contributed by atoms with van der Waals surface area (Å²) in [6.07, 6.45) is 0.933. The molecule has 0 radical (unpaired) electrons. The fourth-order valence-corrected chi connectivity index (χ4v) is 1.14. The molecule has 1 atom stereocenters. The highest BCUT2D eigenvalue weighted by Gasteiger charge is 2.17. The molecular weight excluding hydrogens is 234 g/mol. The number of hydrogen-bond acceptors (Lipinski definition) is 5. The van der Waals surface area contributed by atoms with Crippen LogP contribution in [0, 0.1) is 0 Å². The summed E-state index contributed by atoms with van der Waals surface area (Å²) in [5.74, 6) is -0.865. The Labute approximate surface area is 107 Å². The zero-order valence-corrected chi connectivity index (χ0v) is 11.2. The van der Waals surface area contributed by atoms with Crippen LogP contribution in [0.1, 0.15) is 39.5 Å². The van der Waals surface area contributed by atoms with E-state index in [1.165, 1.54) is 13.8 Å². The van der Waals surface area contributed by atoms with E-state index in [2.05, 4.69) is 4.98 Å². The number of nitrogens with zero attached hydrogens (tertiary/aromatic N) is 1. The lowest BCUT2D eigenvalue weighted by Crippen LogP contribution is -2.17. The fraction of sp³-hybridized carbons (Fsp3) is 0.462. The number of carbonyl (C=O) groups excluding carboxylic acids is 2. The summed E-state index contributed by atoms with van der Waals surface area (Å²) in [5.41, 5.74) is 0.555. The van der Waals surface area contributed by atoms with Crippen molar-refractivity contribution in [2.75, 3.05) is 6.61 Å². The number of ether oxygens (including phenoxy) is 2. The zero-order valence-electron chi connectivity index (χ0n) is 11.2. The molecule has 0 aliphatic rings. The van der Waals surface area contributed by atoms with Crippen LogP contribution in [0.25, 0.3) is 0 Å². The van der Waals surface area contributed by atoms with Crippen molar-refractivity contribution in [3.8, 4) is 0 Å². The largest absolute Gasteiger partial charge is 0.461 e. The van der Waals surface area contributed by atoms with Crippen molar-refractivity contribution in [3.63, 3.8) is 0 Å². The third-order valence-electron chi connectivity index (χ3n) is 1.76. The van der Waals surface area contributed by atoms with Crippen molar-refractivity contribution >= 4 is 11.9 Å². The van der Waals surface area contributed by atoms with Gasteiger partial charge in [-0.05, 0) is 12.1 Å². The first kappa shape index (κ1) is 16.1. The normalized spacial score (nSPS) is 10.7. The molecule has 18 heavy (non-hydrogen) atoms. The molecule has 100 valence electrons. The molecule has 0 aliphatic heterocycles. The number of aromatic nitrogens is 1. The van der Waals surface area contributed by atoms with Crippen LogP contribution in [0.2, 0.25) is 0 Å². The van der Waals surface area contributed by atoms with Crippen molar-refractivity contribution in [1.82, 2.24) is 4.98 Å². The highest BCUT2D eigenvalue weighted by atomic mass is 16.6. The van der Waals surface area contributed by atoms with Crippen LogP contribution in [-0.4, -0.2) is 23.5 Å². The summed E-state index contributed by atoms with van der Waals surface area (Å²) in [4.78, 5) is 25.6. The van der Waals surface area contributed by atoms with Crippen molar-refractivity contribution in [3.05, 3.63) is 30.1 Å². The molecule has 0 amide bonds. The molecule has 0 aliphatic carbocycles. The molecule has 0 aromatic carbocycles. The van der Waals surface area contributed by atoms with Gasteiger partial charge in [0.25, 0.3) is 0 Å². The van der Waals surface area contributed by atoms with E-state index in [4.69, 9.17) is 9.47 Å². The van der Waals surface area contributed by atoms with E-state index in [1.54, 1.807) is 24.4 Å². The van der Waals surface area contributed by atoms with Gasteiger partial charge in [-0.3, -0.25) is 14.6 Å². The summed E-state index contributed by atoms with van der Waals surface area (Å²) in [6.45, 7) is 6.57. The van der Waals surface area contributed by atoms with Crippen LogP contribution in [-0.2, 0) is 19.1 Å². The van der Waals surface area contributed by atoms with E-state index < -0.39 is 18.0 Å². The molecular formula is C13H19NO4. The maximum atomic E-state index is 10.9. The Morgan fingerprint density at radius 3 is 2.33 bits per heavy atom. The van der Waals surface area contributed by atoms with Crippen molar-refractivity contribution in [2.45, 2.75) is 33.8 Å². The van der Waals surface area contributed by atoms with Crippen LogP contribution in [0.3, 0.4) is 0 Å². The lowest BCUT2D eigenvalue weighted by molar-refractivity contribution is -0.157. The molecule has 5 heteroatoms. The number of hydrogen-bond donors (Lipinski definition) is 0. The number of pyridine rings is 1. The van der Waals surface area contributed by atoms with Crippen molar-refractivity contribution < 1.29 is 19.1 Å². The first-order valence-electron chi connectivity index (χ1n) is 5.81. The summed E-state index contributed by atoms with van der Waals surface area (Å²) >= 11 is 0. The molecule has 0 saturated heterocycles. The Kier molecular flexibility index (Phi) is 8.18. The predicted molar refractivity (Wildman–Crippen MR) is 66.7 cm³/mol. The fourth-order valence-electron chi connectivity index (χ4n) is 1.14. The Bertz CT molecular complexity index is 365. The summed E-state index contributed by atoms with van der Waals surface area (Å²) in [6, 6.07) is 5.23. The predicted octanol–water partition coefficient (Wildman–Crippen LogP) is 2.28. The second kappa shape index (κ2) is 9.15. The van der Waals surface area contributed by atoms with Crippen LogP contribution in [0.5, 0.6) is 0 Å². The van der Waals surface area contributed by atoms with Gasteiger partial charge in [-0.1, -0.05) is 19.9 Å². The first-order valence-corrected chi connectivity index (χ1v) is 5.81. The third kappa shape index (κ3) is 6.62. The van der Waals surface area contributed by atoms with E-state index >= 15 is 0 Å². The minimum absolute atomic E-state index is 0.0219. The molecule has 5 nitrogen and oxygen atoms in total. The van der Waals surface area contributed by atoms with Gasteiger partial charge in [-0.2, -0.15) is 0 Å². The number of carbonyl (C=O) groups is 2. The maximum absolute atomic E-state index is 10.9. The minimum Gasteiger partial charge on any atom is -0.461 e. The molecule has 0 fully saturated rings. The monoisotopic (exact) mass is 253 g/mol. The topological polar surface area (TPSA) is 65.5 Å². The molecule has 0 bridgehead atoms. The van der Waals surface area contributed by atoms with Gasteiger partial charge in [-0.15, -0.1) is 0 Å². The summed E-state index contributed by atoms with van der Waals surface area (Å²) in [7, 11) is 0. The second-order valence-electron chi connectivity index (χ2n) is 3.16. The molecule has 0 saturated carbocycles. The quantitative estimate of drug-likeness (QED) is 0.770. The average Bonchev–Trinajstić information content (AvgIpc) is 2.37. The Morgan fingerprint density at radius 1 is 1.22 bits per heavy atom. The van der Waals surface area contributed by atoms with Crippen molar-refractivity contribution in [1.29, 1.82) is 0 Å². The van der Waals surface area contributed by atoms with Crippen LogP contribution >= 0.6 is 0 Å². The highest BCUT2D eigenvalue weighted by molar-refractivity contribution is 5.67. The van der Waals surface area contributed by atoms with Crippen LogP contribution in [0.15, 0.2) is 24.4 Å². The number of rotatable bonds is 4. The lowest BCUT2D eigenvalue weighted by Gasteiger charge is -2.15. The van der Waals surface area contributed by atoms with Gasteiger partial charge in [0.15, 0.2) is 6.10 Å². The Morgan fingerprint density at radius 2 is 1.89 bits per heavy atom. The van der Waals surface area contributed by atoms with Gasteiger partial charge in [-0.25, -0.2) is 0 Å². The standard InChI is InChI=1S/C11H13NO4.C2H6/c1-8(13)15-7-11(16-9(2)14)10-5-3-4-6-12-10;1-2/h3-6,11H,7H2,1-2H3;1-2H3. The molecule has 0 N–H and O–H groups in total. The van der Waals surface area contributed by atoms with Gasteiger partial charge < -0.3 is 9.47 Å². The Balaban J connectivity index is 0.00000137. The van der Waals surface area contributed by atoms with Gasteiger partial charge in [0.05, 0.1) is 5.69 Å². The van der Waals surface area contributed by atoms with Gasteiger partial charge in [0, 0.05) is 20.0 Å². The Hall–Kier alpha value is -1.91. The van der Waals surface area contributed by atoms with E-state index in [0.29, 0.717) is 5.69 Å². The molecule has 1 heterocycles. The van der Waals surface area contributed by atoms with Crippen LogP contribution in [0.4, 0.5) is 0 Å². The molecule has 1 rings (SSSR count). The third-order valence-corrected chi connectivity index (χ3v) is 1.76. The van der Waals surface area contributed by atoms with Gasteiger partial charge >= 0.3 is 11.9 Å². The highest BCUT2D eigenvalue weighted by Crippen LogP contribution is 2.15. The summed E-state index contributed by atoms with van der Waals surface area (Å²) in [5, 5.41) is 0. The van der Waals surface area contributed by atoms with E-state index in [9.17, 15) is 9.59 Å². The van der Waals surface area contributed by atoms with Crippen molar-refractivity contribution in [2.24, 2.45) is 0 Å². The SMILES string of the molecule is CC.CC(=O)OCC(OC(C)=O)c1ccccn1. The molecule has 1 unspecified atom stereocenters. The van der Waals surface area contributed by atoms with E-state index in [1.807, 2.05) is 13.8 Å².